The maximum Gasteiger partial charge on any atom is 0.0826 e. The summed E-state index contributed by atoms with van der Waals surface area (Å²) in [6, 6.07) is 1.07. The van der Waals surface area contributed by atoms with Crippen molar-refractivity contribution in [3.63, 3.8) is 0 Å². The van der Waals surface area contributed by atoms with Crippen molar-refractivity contribution in [2.24, 2.45) is 0 Å². The van der Waals surface area contributed by atoms with Crippen molar-refractivity contribution < 1.29 is 9.47 Å². The summed E-state index contributed by atoms with van der Waals surface area (Å²) in [5.41, 5.74) is 0. The molecule has 0 aliphatic carbocycles. The Kier molecular flexibility index (Phi) is 7.82. The van der Waals surface area contributed by atoms with Crippen molar-refractivity contribution in [3.8, 4) is 0 Å². The van der Waals surface area contributed by atoms with Gasteiger partial charge in [-0.05, 0) is 20.3 Å². The fraction of sp³-hybridized carbons (Fsp3) is 1.00. The van der Waals surface area contributed by atoms with E-state index in [2.05, 4.69) is 31.0 Å². The van der Waals surface area contributed by atoms with Gasteiger partial charge in [0, 0.05) is 38.8 Å². The molecule has 1 saturated heterocycles. The van der Waals surface area contributed by atoms with E-state index >= 15 is 0 Å². The van der Waals surface area contributed by atoms with Crippen LogP contribution in [0.1, 0.15) is 33.6 Å². The van der Waals surface area contributed by atoms with Crippen LogP contribution in [0, 0.1) is 0 Å². The van der Waals surface area contributed by atoms with Crippen LogP contribution >= 0.6 is 0 Å². The number of methoxy groups -OCH3 is 1. The second-order valence-corrected chi connectivity index (χ2v) is 5.43. The normalized spacial score (nSPS) is 23.5. The van der Waals surface area contributed by atoms with E-state index in [-0.39, 0.29) is 0 Å². The molecule has 2 unspecified atom stereocenters. The molecule has 1 aliphatic rings. The van der Waals surface area contributed by atoms with Crippen molar-refractivity contribution in [2.75, 3.05) is 40.0 Å². The third-order valence-corrected chi connectivity index (χ3v) is 3.54. The van der Waals surface area contributed by atoms with Crippen LogP contribution in [0.15, 0.2) is 0 Å². The predicted molar refractivity (Wildman–Crippen MR) is 75.0 cm³/mol. The van der Waals surface area contributed by atoms with Gasteiger partial charge in [0.05, 0.1) is 19.3 Å². The second kappa shape index (κ2) is 8.86. The maximum absolute atomic E-state index is 5.82. The first-order valence-corrected chi connectivity index (χ1v) is 7.25. The second-order valence-electron chi connectivity index (χ2n) is 5.43. The lowest BCUT2D eigenvalue weighted by atomic mass is 10.1. The summed E-state index contributed by atoms with van der Waals surface area (Å²) >= 11 is 0. The molecule has 2 atom stereocenters. The SMILES string of the molecule is CCCC(COC)NCC1CN(C(C)C)CCO1. The zero-order valence-electron chi connectivity index (χ0n) is 12.4. The smallest absolute Gasteiger partial charge is 0.0826 e. The van der Waals surface area contributed by atoms with E-state index in [1.165, 1.54) is 6.42 Å². The summed E-state index contributed by atoms with van der Waals surface area (Å²) in [6.07, 6.45) is 2.66. The Morgan fingerprint density at radius 1 is 1.44 bits per heavy atom. The molecule has 0 spiro atoms. The van der Waals surface area contributed by atoms with Crippen molar-refractivity contribution in [3.05, 3.63) is 0 Å². The monoisotopic (exact) mass is 258 g/mol. The molecule has 0 amide bonds. The average molecular weight is 258 g/mol. The molecule has 1 heterocycles. The fourth-order valence-electron chi connectivity index (χ4n) is 2.43. The van der Waals surface area contributed by atoms with Crippen LogP contribution in [0.2, 0.25) is 0 Å². The van der Waals surface area contributed by atoms with E-state index in [1.54, 1.807) is 7.11 Å². The molecule has 1 rings (SSSR count). The number of nitrogens with one attached hydrogen (secondary N) is 1. The van der Waals surface area contributed by atoms with Crippen LogP contribution in [0.3, 0.4) is 0 Å². The molecule has 18 heavy (non-hydrogen) atoms. The van der Waals surface area contributed by atoms with Crippen LogP contribution in [-0.2, 0) is 9.47 Å². The highest BCUT2D eigenvalue weighted by molar-refractivity contribution is 4.77. The van der Waals surface area contributed by atoms with E-state index < -0.39 is 0 Å². The Labute approximate surface area is 112 Å². The van der Waals surface area contributed by atoms with Crippen LogP contribution in [0.25, 0.3) is 0 Å². The first kappa shape index (κ1) is 15.9. The highest BCUT2D eigenvalue weighted by Gasteiger charge is 2.22. The molecule has 0 bridgehead atoms. The van der Waals surface area contributed by atoms with E-state index in [4.69, 9.17) is 9.47 Å². The number of hydrogen-bond acceptors (Lipinski definition) is 4. The van der Waals surface area contributed by atoms with Gasteiger partial charge in [0.2, 0.25) is 0 Å². The molecular weight excluding hydrogens is 228 g/mol. The van der Waals surface area contributed by atoms with Gasteiger partial charge in [-0.1, -0.05) is 13.3 Å². The molecule has 108 valence electrons. The van der Waals surface area contributed by atoms with Crippen molar-refractivity contribution in [1.29, 1.82) is 0 Å². The van der Waals surface area contributed by atoms with E-state index in [1.807, 2.05) is 0 Å². The Balaban J connectivity index is 2.28. The minimum atomic E-state index is 0.317. The minimum Gasteiger partial charge on any atom is -0.383 e. The summed E-state index contributed by atoms with van der Waals surface area (Å²) in [6.45, 7) is 11.4. The van der Waals surface area contributed by atoms with Crippen LogP contribution < -0.4 is 5.32 Å². The zero-order chi connectivity index (χ0) is 13.4. The van der Waals surface area contributed by atoms with Crippen LogP contribution in [-0.4, -0.2) is 63.0 Å². The summed E-state index contributed by atoms with van der Waals surface area (Å²) in [4.78, 5) is 2.49. The Bertz CT molecular complexity index is 206. The molecule has 1 aliphatic heterocycles. The first-order chi connectivity index (χ1) is 8.67. The predicted octanol–water partition coefficient (Wildman–Crippen LogP) is 1.50. The van der Waals surface area contributed by atoms with E-state index in [0.717, 1.165) is 39.3 Å². The van der Waals surface area contributed by atoms with Crippen LogP contribution in [0.4, 0.5) is 0 Å². The van der Waals surface area contributed by atoms with Crippen molar-refractivity contribution >= 4 is 0 Å². The molecule has 0 aromatic rings. The zero-order valence-corrected chi connectivity index (χ0v) is 12.4. The Morgan fingerprint density at radius 3 is 2.83 bits per heavy atom. The van der Waals surface area contributed by atoms with E-state index in [0.29, 0.717) is 18.2 Å². The molecule has 4 nitrogen and oxygen atoms in total. The lowest BCUT2D eigenvalue weighted by molar-refractivity contribution is -0.0390. The number of hydrogen-bond donors (Lipinski definition) is 1. The molecule has 0 radical (unpaired) electrons. The summed E-state index contributed by atoms with van der Waals surface area (Å²) < 4.78 is 11.1. The average Bonchev–Trinajstić information content (AvgIpc) is 2.37. The summed E-state index contributed by atoms with van der Waals surface area (Å²) in [5, 5.41) is 3.57. The molecule has 0 saturated carbocycles. The first-order valence-electron chi connectivity index (χ1n) is 7.25. The van der Waals surface area contributed by atoms with Gasteiger partial charge < -0.3 is 14.8 Å². The maximum atomic E-state index is 5.82. The van der Waals surface area contributed by atoms with Crippen LogP contribution in [0.5, 0.6) is 0 Å². The number of morpholine rings is 1. The topological polar surface area (TPSA) is 33.7 Å². The number of ether oxygens (including phenoxy) is 2. The van der Waals surface area contributed by atoms with Gasteiger partial charge in [-0.25, -0.2) is 0 Å². The quantitative estimate of drug-likeness (QED) is 0.715. The van der Waals surface area contributed by atoms with Gasteiger partial charge in [0.1, 0.15) is 0 Å². The van der Waals surface area contributed by atoms with Gasteiger partial charge in [0.15, 0.2) is 0 Å². The molecule has 0 aromatic heterocycles. The standard InChI is InChI=1S/C14H30N2O2/c1-5-6-13(11-17-4)15-9-14-10-16(12(2)3)7-8-18-14/h12-15H,5-11H2,1-4H3. The van der Waals surface area contributed by atoms with E-state index in [9.17, 15) is 0 Å². The highest BCUT2D eigenvalue weighted by Crippen LogP contribution is 2.08. The summed E-state index contributed by atoms with van der Waals surface area (Å²) in [5.74, 6) is 0. The highest BCUT2D eigenvalue weighted by atomic mass is 16.5. The molecule has 4 heteroatoms. The molecule has 0 aromatic carbocycles. The third kappa shape index (κ3) is 5.65. The molecule has 1 N–H and O–H groups in total. The van der Waals surface area contributed by atoms with Gasteiger partial charge in [-0.2, -0.15) is 0 Å². The fourth-order valence-corrected chi connectivity index (χ4v) is 2.43. The molecule has 1 fully saturated rings. The van der Waals surface area contributed by atoms with Gasteiger partial charge in [0.25, 0.3) is 0 Å². The third-order valence-electron chi connectivity index (χ3n) is 3.54. The number of rotatable bonds is 8. The molecular formula is C14H30N2O2. The number of nitrogens with zero attached hydrogens (tertiary/aromatic N) is 1. The van der Waals surface area contributed by atoms with Gasteiger partial charge in [-0.15, -0.1) is 0 Å². The largest absolute Gasteiger partial charge is 0.383 e. The minimum absolute atomic E-state index is 0.317. The Hall–Kier alpha value is -0.160. The Morgan fingerprint density at radius 2 is 2.22 bits per heavy atom. The lowest BCUT2D eigenvalue weighted by Crippen LogP contribution is -2.50. The van der Waals surface area contributed by atoms with Gasteiger partial charge >= 0.3 is 0 Å². The summed E-state index contributed by atoms with van der Waals surface area (Å²) in [7, 11) is 1.77. The van der Waals surface area contributed by atoms with Gasteiger partial charge in [-0.3, -0.25) is 4.90 Å². The van der Waals surface area contributed by atoms with Crippen molar-refractivity contribution in [1.82, 2.24) is 10.2 Å². The van der Waals surface area contributed by atoms with Crippen molar-refractivity contribution in [2.45, 2.75) is 51.8 Å². The lowest BCUT2D eigenvalue weighted by Gasteiger charge is -2.36.